The minimum Gasteiger partial charge on any atom is -0.508 e. The van der Waals surface area contributed by atoms with E-state index in [4.69, 9.17) is 14.8 Å². The molecule has 0 aliphatic heterocycles. The van der Waals surface area contributed by atoms with E-state index in [-0.39, 0.29) is 5.75 Å². The zero-order chi connectivity index (χ0) is 18.0. The van der Waals surface area contributed by atoms with Gasteiger partial charge in [0.15, 0.2) is 0 Å². The van der Waals surface area contributed by atoms with Crippen molar-refractivity contribution in [3.63, 3.8) is 0 Å². The quantitative estimate of drug-likeness (QED) is 0.420. The zero-order valence-corrected chi connectivity index (χ0v) is 14.4. The van der Waals surface area contributed by atoms with E-state index in [0.717, 1.165) is 46.7 Å². The third-order valence-corrected chi connectivity index (χ3v) is 4.04. The van der Waals surface area contributed by atoms with Gasteiger partial charge in [0.2, 0.25) is 0 Å². The van der Waals surface area contributed by atoms with Crippen LogP contribution in [0.2, 0.25) is 0 Å². The van der Waals surface area contributed by atoms with E-state index in [1.807, 2.05) is 13.8 Å². The molecule has 2 aromatic heterocycles. The molecular weight excluding hydrogens is 320 g/mol. The molecule has 1 aromatic carbocycles. The fourth-order valence-corrected chi connectivity index (χ4v) is 2.93. The van der Waals surface area contributed by atoms with Crippen LogP contribution in [0.3, 0.4) is 0 Å². The van der Waals surface area contributed by atoms with Crippen LogP contribution < -0.4 is 0 Å². The Morgan fingerprint density at radius 3 is 2.52 bits per heavy atom. The molecule has 0 bridgehead atoms. The van der Waals surface area contributed by atoms with Crippen molar-refractivity contribution in [1.29, 1.82) is 0 Å². The summed E-state index contributed by atoms with van der Waals surface area (Å²) in [4.78, 5) is 0. The van der Waals surface area contributed by atoms with Crippen LogP contribution in [0.25, 0.3) is 16.9 Å². The first kappa shape index (κ1) is 16.8. The molecule has 0 fully saturated rings. The third-order valence-electron chi connectivity index (χ3n) is 4.04. The number of phenolic OH excluding ortho intramolecular Hbond substituents is 1. The van der Waals surface area contributed by atoms with Gasteiger partial charge >= 0.3 is 0 Å². The number of benzene rings is 1. The van der Waals surface area contributed by atoms with Crippen molar-refractivity contribution in [2.75, 3.05) is 0 Å². The average Bonchev–Trinajstić information content (AvgIpc) is 3.10. The normalized spacial score (nSPS) is 11.5. The zero-order valence-electron chi connectivity index (χ0n) is 14.4. The van der Waals surface area contributed by atoms with Crippen LogP contribution >= 0.6 is 0 Å². The second-order valence-corrected chi connectivity index (χ2v) is 5.83. The second kappa shape index (κ2) is 6.80. The number of aromatic nitrogens is 3. The molecule has 0 radical (unpaired) electrons. The van der Waals surface area contributed by atoms with E-state index in [2.05, 4.69) is 17.2 Å². The van der Waals surface area contributed by atoms with E-state index >= 15 is 0 Å². The maximum atomic E-state index is 9.56. The monoisotopic (exact) mass is 340 g/mol. The Morgan fingerprint density at radius 2 is 1.96 bits per heavy atom. The van der Waals surface area contributed by atoms with Gasteiger partial charge in [-0.2, -0.15) is 5.10 Å². The molecule has 0 atom stereocenters. The number of aryl methyl sites for hydroxylation is 3. The van der Waals surface area contributed by atoms with E-state index in [1.54, 1.807) is 28.9 Å². The molecule has 0 spiro atoms. The van der Waals surface area contributed by atoms with Crippen LogP contribution in [-0.2, 0) is 6.42 Å². The second-order valence-electron chi connectivity index (χ2n) is 5.83. The van der Waals surface area contributed by atoms with Crippen molar-refractivity contribution in [1.82, 2.24) is 14.9 Å². The number of phenols is 1. The van der Waals surface area contributed by atoms with Crippen molar-refractivity contribution < 1.29 is 14.8 Å². The summed E-state index contributed by atoms with van der Waals surface area (Å²) in [6.07, 6.45) is 3.04. The van der Waals surface area contributed by atoms with Gasteiger partial charge in [-0.3, -0.25) is 0 Å². The summed E-state index contributed by atoms with van der Waals surface area (Å²) < 4.78 is 7.10. The highest BCUT2D eigenvalue weighted by molar-refractivity contribution is 5.91. The van der Waals surface area contributed by atoms with Gasteiger partial charge < -0.3 is 14.8 Å². The van der Waals surface area contributed by atoms with E-state index in [9.17, 15) is 5.11 Å². The predicted molar refractivity (Wildman–Crippen MR) is 93.6 cm³/mol. The fraction of sp³-hybridized carbons (Fsp3) is 0.278. The van der Waals surface area contributed by atoms with Gasteiger partial charge in [-0.1, -0.05) is 23.7 Å². The Bertz CT molecular complexity index is 888. The third kappa shape index (κ3) is 3.00. The Hall–Kier alpha value is -3.09. The molecule has 0 aliphatic carbocycles. The van der Waals surface area contributed by atoms with Gasteiger partial charge in [0.1, 0.15) is 11.5 Å². The lowest BCUT2D eigenvalue weighted by molar-refractivity contribution is 0.322. The SMILES string of the molecule is CCCc1nn(-c2ccc(O)cc2)c(-c2c(C)noc2C)c1/C=N/O. The number of nitrogens with zero attached hydrogens (tertiary/aromatic N) is 4. The molecule has 0 aliphatic rings. The summed E-state index contributed by atoms with van der Waals surface area (Å²) in [6, 6.07) is 6.76. The minimum absolute atomic E-state index is 0.181. The maximum absolute atomic E-state index is 9.56. The molecule has 0 unspecified atom stereocenters. The predicted octanol–water partition coefficient (Wildman–Crippen LogP) is 3.61. The van der Waals surface area contributed by atoms with Gasteiger partial charge in [-0.25, -0.2) is 4.68 Å². The van der Waals surface area contributed by atoms with Crippen molar-refractivity contribution in [2.45, 2.75) is 33.6 Å². The summed E-state index contributed by atoms with van der Waals surface area (Å²) >= 11 is 0. The molecule has 25 heavy (non-hydrogen) atoms. The van der Waals surface area contributed by atoms with Crippen LogP contribution in [0.1, 0.15) is 36.1 Å². The van der Waals surface area contributed by atoms with E-state index in [0.29, 0.717) is 5.76 Å². The molecule has 7 nitrogen and oxygen atoms in total. The number of oxime groups is 1. The molecule has 3 rings (SSSR count). The average molecular weight is 340 g/mol. The Kier molecular flexibility index (Phi) is 4.56. The first-order valence-electron chi connectivity index (χ1n) is 8.08. The standard InChI is InChI=1S/C18H20N4O3/c1-4-5-16-15(10-19-24)18(17-11(2)21-25-12(17)3)22(20-16)13-6-8-14(23)9-7-13/h6-10,23-24H,4-5H2,1-3H3/b19-10+. The van der Waals surface area contributed by atoms with Crippen molar-refractivity contribution >= 4 is 6.21 Å². The highest BCUT2D eigenvalue weighted by atomic mass is 16.5. The molecule has 3 aromatic rings. The largest absolute Gasteiger partial charge is 0.508 e. The molecule has 0 saturated carbocycles. The Labute approximate surface area is 145 Å². The van der Waals surface area contributed by atoms with Gasteiger partial charge in [0.25, 0.3) is 0 Å². The number of hydrogen-bond acceptors (Lipinski definition) is 6. The lowest BCUT2D eigenvalue weighted by Gasteiger charge is -2.08. The van der Waals surface area contributed by atoms with E-state index in [1.165, 1.54) is 6.21 Å². The topological polar surface area (TPSA) is 96.7 Å². The summed E-state index contributed by atoms with van der Waals surface area (Å²) in [5.74, 6) is 0.841. The number of rotatable bonds is 5. The van der Waals surface area contributed by atoms with Crippen LogP contribution in [-0.4, -0.2) is 31.5 Å². The maximum Gasteiger partial charge on any atom is 0.143 e. The number of hydrogen-bond donors (Lipinski definition) is 2. The molecule has 130 valence electrons. The minimum atomic E-state index is 0.181. The molecule has 2 heterocycles. The molecule has 0 amide bonds. The van der Waals surface area contributed by atoms with Crippen molar-refractivity contribution in [2.24, 2.45) is 5.16 Å². The van der Waals surface area contributed by atoms with Crippen LogP contribution in [0, 0.1) is 13.8 Å². The van der Waals surface area contributed by atoms with Crippen LogP contribution in [0.4, 0.5) is 0 Å². The lowest BCUT2D eigenvalue weighted by Crippen LogP contribution is -2.01. The van der Waals surface area contributed by atoms with Crippen LogP contribution in [0.15, 0.2) is 33.9 Å². The highest BCUT2D eigenvalue weighted by Gasteiger charge is 2.24. The first-order valence-corrected chi connectivity index (χ1v) is 8.08. The molecular formula is C18H20N4O3. The summed E-state index contributed by atoms with van der Waals surface area (Å²) in [5, 5.41) is 30.7. The molecule has 0 saturated heterocycles. The van der Waals surface area contributed by atoms with Gasteiger partial charge in [0.05, 0.1) is 34.5 Å². The van der Waals surface area contributed by atoms with E-state index < -0.39 is 0 Å². The Balaban J connectivity index is 2.33. The Morgan fingerprint density at radius 1 is 1.24 bits per heavy atom. The summed E-state index contributed by atoms with van der Waals surface area (Å²) in [6.45, 7) is 5.76. The summed E-state index contributed by atoms with van der Waals surface area (Å²) in [7, 11) is 0. The molecule has 2 N–H and O–H groups in total. The van der Waals surface area contributed by atoms with Crippen molar-refractivity contribution in [3.8, 4) is 22.7 Å². The highest BCUT2D eigenvalue weighted by Crippen LogP contribution is 2.33. The van der Waals surface area contributed by atoms with Gasteiger partial charge in [-0.15, -0.1) is 0 Å². The molecule has 7 heteroatoms. The van der Waals surface area contributed by atoms with Crippen LogP contribution in [0.5, 0.6) is 5.75 Å². The summed E-state index contributed by atoms with van der Waals surface area (Å²) in [5.41, 5.74) is 4.63. The smallest absolute Gasteiger partial charge is 0.143 e. The number of aromatic hydroxyl groups is 1. The fourth-order valence-electron chi connectivity index (χ4n) is 2.93. The lowest BCUT2D eigenvalue weighted by atomic mass is 10.0. The van der Waals surface area contributed by atoms with Gasteiger partial charge in [-0.05, 0) is 44.5 Å². The first-order chi connectivity index (χ1) is 12.1. The van der Waals surface area contributed by atoms with Gasteiger partial charge in [0, 0.05) is 5.56 Å². The van der Waals surface area contributed by atoms with Crippen molar-refractivity contribution in [3.05, 3.63) is 47.0 Å².